The largest absolute Gasteiger partial charge is 0.369 e. The Morgan fingerprint density at radius 3 is 2.74 bits per heavy atom. The number of anilines is 1. The van der Waals surface area contributed by atoms with Crippen molar-refractivity contribution in [1.82, 2.24) is 4.98 Å². The van der Waals surface area contributed by atoms with Crippen LogP contribution in [-0.2, 0) is 0 Å². The maximum Gasteiger partial charge on any atom is 0.144 e. The molecule has 0 saturated heterocycles. The summed E-state index contributed by atoms with van der Waals surface area (Å²) in [6.45, 7) is 2.64. The third-order valence-electron chi connectivity index (χ3n) is 2.56. The zero-order chi connectivity index (χ0) is 13.8. The number of nitrogens with zero attached hydrogens (tertiary/aromatic N) is 2. The molecule has 3 nitrogen and oxygen atoms in total. The second-order valence-electron chi connectivity index (χ2n) is 3.86. The van der Waals surface area contributed by atoms with Gasteiger partial charge < -0.3 is 5.32 Å². The van der Waals surface area contributed by atoms with Crippen molar-refractivity contribution in [2.75, 3.05) is 11.9 Å². The van der Waals surface area contributed by atoms with Crippen LogP contribution in [0, 0.1) is 11.3 Å². The highest BCUT2D eigenvalue weighted by Gasteiger charge is 2.09. The van der Waals surface area contributed by atoms with Crippen molar-refractivity contribution in [3.8, 4) is 17.3 Å². The van der Waals surface area contributed by atoms with E-state index in [-0.39, 0.29) is 0 Å². The lowest BCUT2D eigenvalue weighted by atomic mass is 10.1. The van der Waals surface area contributed by atoms with Gasteiger partial charge in [-0.1, -0.05) is 23.2 Å². The fraction of sp³-hybridized carbons (Fsp3) is 0.143. The van der Waals surface area contributed by atoms with Crippen LogP contribution in [0.4, 0.5) is 5.82 Å². The number of hydrogen-bond acceptors (Lipinski definition) is 3. The van der Waals surface area contributed by atoms with Gasteiger partial charge in [0.25, 0.3) is 0 Å². The van der Waals surface area contributed by atoms with Gasteiger partial charge in [-0.15, -0.1) is 0 Å². The number of hydrogen-bond donors (Lipinski definition) is 1. The van der Waals surface area contributed by atoms with Crippen molar-refractivity contribution in [3.05, 3.63) is 45.9 Å². The summed E-state index contributed by atoms with van der Waals surface area (Å²) in [4.78, 5) is 4.43. The van der Waals surface area contributed by atoms with E-state index in [1.54, 1.807) is 30.3 Å². The number of rotatable bonds is 3. The van der Waals surface area contributed by atoms with Crippen molar-refractivity contribution >= 4 is 29.0 Å². The minimum atomic E-state index is 0.503. The lowest BCUT2D eigenvalue weighted by Gasteiger charge is -2.09. The zero-order valence-electron chi connectivity index (χ0n) is 10.2. The molecular weight excluding hydrogens is 281 g/mol. The van der Waals surface area contributed by atoms with E-state index in [0.29, 0.717) is 33.7 Å². The molecule has 1 N–H and O–H groups in total. The molecule has 0 aliphatic carbocycles. The minimum absolute atomic E-state index is 0.503. The predicted molar refractivity (Wildman–Crippen MR) is 78.6 cm³/mol. The first-order chi connectivity index (χ1) is 9.15. The Morgan fingerprint density at radius 2 is 2.05 bits per heavy atom. The summed E-state index contributed by atoms with van der Waals surface area (Å²) >= 11 is 12.1. The van der Waals surface area contributed by atoms with Gasteiger partial charge in [0, 0.05) is 17.1 Å². The normalized spacial score (nSPS) is 10.0. The van der Waals surface area contributed by atoms with E-state index in [0.717, 1.165) is 5.56 Å². The molecule has 1 heterocycles. The molecule has 2 rings (SSSR count). The fourth-order valence-electron chi connectivity index (χ4n) is 1.70. The number of halogens is 2. The Hall–Kier alpha value is -1.76. The molecule has 1 aromatic heterocycles. The van der Waals surface area contributed by atoms with Gasteiger partial charge in [0.15, 0.2) is 0 Å². The SMILES string of the molecule is CCNc1nc(-c2cc(Cl)ccc2Cl)ccc1C#N. The average molecular weight is 292 g/mol. The third-order valence-corrected chi connectivity index (χ3v) is 3.13. The highest BCUT2D eigenvalue weighted by molar-refractivity contribution is 6.35. The maximum absolute atomic E-state index is 9.03. The van der Waals surface area contributed by atoms with Crippen molar-refractivity contribution in [2.45, 2.75) is 6.92 Å². The molecule has 0 spiro atoms. The smallest absolute Gasteiger partial charge is 0.144 e. The summed E-state index contributed by atoms with van der Waals surface area (Å²) < 4.78 is 0. The van der Waals surface area contributed by atoms with Crippen LogP contribution in [0.15, 0.2) is 30.3 Å². The van der Waals surface area contributed by atoms with E-state index in [4.69, 9.17) is 28.5 Å². The standard InChI is InChI=1S/C14H11Cl2N3/c1-2-18-14-9(8-17)3-6-13(19-14)11-7-10(15)4-5-12(11)16/h3-7H,2H2,1H3,(H,18,19). The Balaban J connectivity index is 2.54. The van der Waals surface area contributed by atoms with Gasteiger partial charge in [-0.25, -0.2) is 4.98 Å². The van der Waals surface area contributed by atoms with Gasteiger partial charge in [0.1, 0.15) is 11.9 Å². The first kappa shape index (κ1) is 13.7. The van der Waals surface area contributed by atoms with E-state index in [1.807, 2.05) is 6.92 Å². The highest BCUT2D eigenvalue weighted by atomic mass is 35.5. The summed E-state index contributed by atoms with van der Waals surface area (Å²) in [5.41, 5.74) is 1.93. The quantitative estimate of drug-likeness (QED) is 0.914. The predicted octanol–water partition coefficient (Wildman–Crippen LogP) is 4.36. The molecule has 0 fully saturated rings. The first-order valence-corrected chi connectivity index (χ1v) is 6.51. The summed E-state index contributed by atoms with van der Waals surface area (Å²) in [7, 11) is 0. The highest BCUT2D eigenvalue weighted by Crippen LogP contribution is 2.30. The molecule has 0 radical (unpaired) electrons. The summed E-state index contributed by atoms with van der Waals surface area (Å²) in [6.07, 6.45) is 0. The number of aromatic nitrogens is 1. The molecule has 0 amide bonds. The lowest BCUT2D eigenvalue weighted by Crippen LogP contribution is -2.02. The molecule has 0 saturated carbocycles. The first-order valence-electron chi connectivity index (χ1n) is 5.76. The van der Waals surface area contributed by atoms with E-state index < -0.39 is 0 Å². The van der Waals surface area contributed by atoms with Gasteiger partial charge in [-0.05, 0) is 37.3 Å². The number of nitrogens with one attached hydrogen (secondary N) is 1. The van der Waals surface area contributed by atoms with Crippen LogP contribution in [0.1, 0.15) is 12.5 Å². The van der Waals surface area contributed by atoms with E-state index >= 15 is 0 Å². The molecule has 0 atom stereocenters. The molecule has 0 aliphatic heterocycles. The zero-order valence-corrected chi connectivity index (χ0v) is 11.8. The van der Waals surface area contributed by atoms with Crippen molar-refractivity contribution in [1.29, 1.82) is 5.26 Å². The molecule has 96 valence electrons. The van der Waals surface area contributed by atoms with Crippen LogP contribution in [0.5, 0.6) is 0 Å². The molecule has 0 bridgehead atoms. The van der Waals surface area contributed by atoms with Crippen LogP contribution in [0.2, 0.25) is 10.0 Å². The van der Waals surface area contributed by atoms with Crippen molar-refractivity contribution in [3.63, 3.8) is 0 Å². The monoisotopic (exact) mass is 291 g/mol. The van der Waals surface area contributed by atoms with Crippen molar-refractivity contribution in [2.24, 2.45) is 0 Å². The second-order valence-corrected chi connectivity index (χ2v) is 4.70. The molecule has 0 unspecified atom stereocenters. The van der Waals surface area contributed by atoms with Crippen LogP contribution in [0.25, 0.3) is 11.3 Å². The van der Waals surface area contributed by atoms with E-state index in [9.17, 15) is 0 Å². The van der Waals surface area contributed by atoms with Crippen molar-refractivity contribution < 1.29 is 0 Å². The topological polar surface area (TPSA) is 48.7 Å². The molecule has 0 aliphatic rings. The van der Waals surface area contributed by atoms with Gasteiger partial charge in [0.05, 0.1) is 16.3 Å². The molecule has 1 aromatic carbocycles. The third kappa shape index (κ3) is 2.98. The second kappa shape index (κ2) is 5.92. The number of pyridine rings is 1. The fourth-order valence-corrected chi connectivity index (χ4v) is 2.08. The Bertz CT molecular complexity index is 648. The van der Waals surface area contributed by atoms with Crippen LogP contribution < -0.4 is 5.32 Å². The van der Waals surface area contributed by atoms with Crippen LogP contribution in [-0.4, -0.2) is 11.5 Å². The molecule has 5 heteroatoms. The van der Waals surface area contributed by atoms with Gasteiger partial charge in [0.2, 0.25) is 0 Å². The van der Waals surface area contributed by atoms with Gasteiger partial charge >= 0.3 is 0 Å². The average Bonchev–Trinajstić information content (AvgIpc) is 2.42. The van der Waals surface area contributed by atoms with Crippen LogP contribution >= 0.6 is 23.2 Å². The van der Waals surface area contributed by atoms with E-state index in [1.165, 1.54) is 0 Å². The Morgan fingerprint density at radius 1 is 1.26 bits per heavy atom. The number of nitriles is 1. The maximum atomic E-state index is 9.03. The molecule has 19 heavy (non-hydrogen) atoms. The Kier molecular flexibility index (Phi) is 4.26. The van der Waals surface area contributed by atoms with E-state index in [2.05, 4.69) is 16.4 Å². The summed E-state index contributed by atoms with van der Waals surface area (Å²) in [5.74, 6) is 0.554. The van der Waals surface area contributed by atoms with Gasteiger partial charge in [-0.2, -0.15) is 5.26 Å². The van der Waals surface area contributed by atoms with Crippen LogP contribution in [0.3, 0.4) is 0 Å². The lowest BCUT2D eigenvalue weighted by molar-refractivity contribution is 1.15. The molecular formula is C14H11Cl2N3. The summed E-state index contributed by atoms with van der Waals surface area (Å²) in [5, 5.41) is 13.3. The minimum Gasteiger partial charge on any atom is -0.369 e. The van der Waals surface area contributed by atoms with Gasteiger partial charge in [-0.3, -0.25) is 0 Å². The summed E-state index contributed by atoms with van der Waals surface area (Å²) in [6, 6.07) is 10.8. The molecule has 2 aromatic rings. The Labute approximate surface area is 121 Å². The number of benzene rings is 1.